The molecule has 0 spiro atoms. The highest BCUT2D eigenvalue weighted by molar-refractivity contribution is 6.02. The second kappa shape index (κ2) is 6.21. The van der Waals surface area contributed by atoms with Crippen molar-refractivity contribution >= 4 is 17.7 Å². The van der Waals surface area contributed by atoms with Gasteiger partial charge in [-0.1, -0.05) is 6.92 Å². The number of nitrogens with one attached hydrogen (secondary N) is 1. The van der Waals surface area contributed by atoms with Crippen LogP contribution in [-0.4, -0.2) is 36.5 Å². The molecule has 2 aromatic rings. The molecule has 0 saturated carbocycles. The molecule has 0 aliphatic heterocycles. The van der Waals surface area contributed by atoms with Crippen molar-refractivity contribution < 1.29 is 14.7 Å². The molecule has 0 fully saturated rings. The summed E-state index contributed by atoms with van der Waals surface area (Å²) in [5.74, 6) is -0.974. The number of carboxylic acids is 1. The SMILES string of the molecule is CCCn1nc(NC(=O)c2ccn(CC(=O)O)n2)cc1C. The van der Waals surface area contributed by atoms with Gasteiger partial charge in [0.15, 0.2) is 11.5 Å². The van der Waals surface area contributed by atoms with Gasteiger partial charge in [0.25, 0.3) is 5.91 Å². The molecule has 0 aliphatic carbocycles. The first-order chi connectivity index (χ1) is 9.99. The molecule has 2 rings (SSSR count). The molecule has 0 aromatic carbocycles. The number of carbonyl (C=O) groups excluding carboxylic acids is 1. The van der Waals surface area contributed by atoms with E-state index in [9.17, 15) is 9.59 Å². The lowest BCUT2D eigenvalue weighted by molar-refractivity contribution is -0.137. The maximum absolute atomic E-state index is 12.0. The van der Waals surface area contributed by atoms with Crippen LogP contribution in [0.3, 0.4) is 0 Å². The number of carbonyl (C=O) groups is 2. The zero-order valence-electron chi connectivity index (χ0n) is 11.9. The van der Waals surface area contributed by atoms with Gasteiger partial charge in [-0.05, 0) is 19.4 Å². The van der Waals surface area contributed by atoms with E-state index in [0.29, 0.717) is 5.82 Å². The summed E-state index contributed by atoms with van der Waals surface area (Å²) in [5, 5.41) is 19.5. The number of hydrogen-bond acceptors (Lipinski definition) is 4. The van der Waals surface area contributed by atoms with Gasteiger partial charge in [0.05, 0.1) is 0 Å². The molecular formula is C13H17N5O3. The number of anilines is 1. The molecule has 112 valence electrons. The quantitative estimate of drug-likeness (QED) is 0.830. The molecule has 8 nitrogen and oxygen atoms in total. The number of rotatable bonds is 6. The van der Waals surface area contributed by atoms with E-state index in [1.54, 1.807) is 6.07 Å². The average Bonchev–Trinajstić information content (AvgIpc) is 2.97. The third-order valence-corrected chi connectivity index (χ3v) is 2.83. The van der Waals surface area contributed by atoms with E-state index in [2.05, 4.69) is 22.4 Å². The molecule has 0 aliphatic rings. The van der Waals surface area contributed by atoms with E-state index >= 15 is 0 Å². The average molecular weight is 291 g/mol. The molecule has 2 N–H and O–H groups in total. The minimum atomic E-state index is -1.01. The molecular weight excluding hydrogens is 274 g/mol. The van der Waals surface area contributed by atoms with E-state index in [1.165, 1.54) is 16.9 Å². The van der Waals surface area contributed by atoms with Gasteiger partial charge in [0.2, 0.25) is 0 Å². The fourth-order valence-corrected chi connectivity index (χ4v) is 1.90. The zero-order valence-corrected chi connectivity index (χ0v) is 11.9. The van der Waals surface area contributed by atoms with Crippen LogP contribution in [-0.2, 0) is 17.9 Å². The molecule has 21 heavy (non-hydrogen) atoms. The highest BCUT2D eigenvalue weighted by atomic mass is 16.4. The molecule has 2 heterocycles. The minimum absolute atomic E-state index is 0.152. The Morgan fingerprint density at radius 3 is 2.81 bits per heavy atom. The van der Waals surface area contributed by atoms with Crippen LogP contribution in [0.15, 0.2) is 18.3 Å². The Kier molecular flexibility index (Phi) is 4.36. The molecule has 8 heteroatoms. The van der Waals surface area contributed by atoms with Crippen LogP contribution in [0.2, 0.25) is 0 Å². The van der Waals surface area contributed by atoms with Gasteiger partial charge in [-0.3, -0.25) is 19.0 Å². The van der Waals surface area contributed by atoms with Gasteiger partial charge in [-0.2, -0.15) is 10.2 Å². The van der Waals surface area contributed by atoms with Crippen molar-refractivity contribution in [2.75, 3.05) is 5.32 Å². The predicted molar refractivity (Wildman–Crippen MR) is 75.1 cm³/mol. The third-order valence-electron chi connectivity index (χ3n) is 2.83. The van der Waals surface area contributed by atoms with Crippen LogP contribution < -0.4 is 5.32 Å². The Labute approximate surface area is 121 Å². The summed E-state index contributed by atoms with van der Waals surface area (Å²) in [4.78, 5) is 22.6. The first-order valence-corrected chi connectivity index (χ1v) is 6.60. The Hall–Kier alpha value is -2.64. The number of hydrogen-bond donors (Lipinski definition) is 2. The topological polar surface area (TPSA) is 102 Å². The predicted octanol–water partition coefficient (Wildman–Crippen LogP) is 1.13. The second-order valence-electron chi connectivity index (χ2n) is 4.64. The molecule has 0 radical (unpaired) electrons. The van der Waals surface area contributed by atoms with Crippen LogP contribution in [0.5, 0.6) is 0 Å². The summed E-state index contributed by atoms with van der Waals surface area (Å²) in [6.45, 7) is 4.47. The van der Waals surface area contributed by atoms with E-state index in [0.717, 1.165) is 18.7 Å². The summed E-state index contributed by atoms with van der Waals surface area (Å²) in [7, 11) is 0. The molecule has 0 unspecified atom stereocenters. The second-order valence-corrected chi connectivity index (χ2v) is 4.64. The van der Waals surface area contributed by atoms with Gasteiger partial charge in [0, 0.05) is 24.5 Å². The molecule has 0 saturated heterocycles. The maximum Gasteiger partial charge on any atom is 0.325 e. The largest absolute Gasteiger partial charge is 0.480 e. The van der Waals surface area contributed by atoms with Crippen molar-refractivity contribution in [1.29, 1.82) is 0 Å². The normalized spacial score (nSPS) is 10.6. The molecule has 1 amide bonds. The number of nitrogens with zero attached hydrogens (tertiary/aromatic N) is 4. The number of amides is 1. The van der Waals surface area contributed by atoms with Gasteiger partial charge >= 0.3 is 5.97 Å². The van der Waals surface area contributed by atoms with Crippen molar-refractivity contribution in [3.8, 4) is 0 Å². The van der Waals surface area contributed by atoms with Crippen molar-refractivity contribution in [2.24, 2.45) is 0 Å². The van der Waals surface area contributed by atoms with Gasteiger partial charge < -0.3 is 10.4 Å². The van der Waals surface area contributed by atoms with Crippen molar-refractivity contribution in [2.45, 2.75) is 33.4 Å². The van der Waals surface area contributed by atoms with Crippen LogP contribution in [0.1, 0.15) is 29.5 Å². The zero-order chi connectivity index (χ0) is 15.4. The molecule has 0 bridgehead atoms. The number of aliphatic carboxylic acids is 1. The Morgan fingerprint density at radius 2 is 2.14 bits per heavy atom. The lowest BCUT2D eigenvalue weighted by atomic mass is 10.4. The lowest BCUT2D eigenvalue weighted by Gasteiger charge is -2.00. The highest BCUT2D eigenvalue weighted by Crippen LogP contribution is 2.10. The van der Waals surface area contributed by atoms with E-state index < -0.39 is 11.9 Å². The van der Waals surface area contributed by atoms with Crippen LogP contribution in [0.4, 0.5) is 5.82 Å². The van der Waals surface area contributed by atoms with Crippen LogP contribution in [0.25, 0.3) is 0 Å². The Bertz CT molecular complexity index is 659. The summed E-state index contributed by atoms with van der Waals surface area (Å²) < 4.78 is 3.01. The fraction of sp³-hybridized carbons (Fsp3) is 0.385. The van der Waals surface area contributed by atoms with Crippen LogP contribution in [0, 0.1) is 6.92 Å². The fourth-order valence-electron chi connectivity index (χ4n) is 1.90. The van der Waals surface area contributed by atoms with Crippen LogP contribution >= 0.6 is 0 Å². The first kappa shape index (κ1) is 14.8. The summed E-state index contributed by atoms with van der Waals surface area (Å²) >= 11 is 0. The summed E-state index contributed by atoms with van der Waals surface area (Å²) in [6.07, 6.45) is 2.40. The number of carboxylic acid groups (broad SMARTS) is 1. The smallest absolute Gasteiger partial charge is 0.325 e. The molecule has 0 atom stereocenters. The standard InChI is InChI=1S/C13H17N5O3/c1-3-5-18-9(2)7-11(16-18)14-13(21)10-4-6-17(15-10)8-12(19)20/h4,6-7H,3,5,8H2,1-2H3,(H,19,20)(H,14,16,21). The Morgan fingerprint density at radius 1 is 1.38 bits per heavy atom. The number of aryl methyl sites for hydroxylation is 2. The lowest BCUT2D eigenvalue weighted by Crippen LogP contribution is -2.15. The third kappa shape index (κ3) is 3.68. The van der Waals surface area contributed by atoms with Crippen molar-refractivity contribution in [3.63, 3.8) is 0 Å². The monoisotopic (exact) mass is 291 g/mol. The Balaban J connectivity index is 2.05. The van der Waals surface area contributed by atoms with E-state index in [-0.39, 0.29) is 12.2 Å². The number of aromatic nitrogens is 4. The molecule has 2 aromatic heterocycles. The summed E-state index contributed by atoms with van der Waals surface area (Å²) in [5.41, 5.74) is 1.11. The maximum atomic E-state index is 12.0. The van der Waals surface area contributed by atoms with Gasteiger partial charge in [0.1, 0.15) is 6.54 Å². The van der Waals surface area contributed by atoms with Crippen molar-refractivity contribution in [3.05, 3.63) is 29.7 Å². The van der Waals surface area contributed by atoms with E-state index in [1.807, 2.05) is 11.6 Å². The first-order valence-electron chi connectivity index (χ1n) is 6.60. The summed E-state index contributed by atoms with van der Waals surface area (Å²) in [6, 6.07) is 3.25. The van der Waals surface area contributed by atoms with Gasteiger partial charge in [-0.15, -0.1) is 0 Å². The van der Waals surface area contributed by atoms with Crippen molar-refractivity contribution in [1.82, 2.24) is 19.6 Å². The minimum Gasteiger partial charge on any atom is -0.480 e. The van der Waals surface area contributed by atoms with Gasteiger partial charge in [-0.25, -0.2) is 0 Å². The van der Waals surface area contributed by atoms with E-state index in [4.69, 9.17) is 5.11 Å². The highest BCUT2D eigenvalue weighted by Gasteiger charge is 2.13.